The molecule has 28 heavy (non-hydrogen) atoms. The smallest absolute Gasteiger partial charge is 0.270 e. The zero-order valence-corrected chi connectivity index (χ0v) is 15.9. The van der Waals surface area contributed by atoms with Gasteiger partial charge in [0, 0.05) is 23.6 Å². The predicted octanol–water partition coefficient (Wildman–Crippen LogP) is 3.27. The van der Waals surface area contributed by atoms with Crippen LogP contribution in [0.1, 0.15) is 15.9 Å². The molecule has 1 heterocycles. The summed E-state index contributed by atoms with van der Waals surface area (Å²) in [6.45, 7) is 0. The van der Waals surface area contributed by atoms with E-state index in [0.29, 0.717) is 22.9 Å². The van der Waals surface area contributed by atoms with E-state index in [0.717, 1.165) is 6.07 Å². The van der Waals surface area contributed by atoms with Crippen LogP contribution >= 0.6 is 23.4 Å². The zero-order valence-electron chi connectivity index (χ0n) is 14.3. The Bertz CT molecular complexity index is 990. The number of thioether (sulfide) groups is 1. The third-order valence-corrected chi connectivity index (χ3v) is 5.45. The molecule has 1 unspecified atom stereocenters. The zero-order chi connectivity index (χ0) is 20.3. The van der Waals surface area contributed by atoms with E-state index >= 15 is 0 Å². The molecule has 2 aromatic rings. The number of nitrogens with one attached hydrogen (secondary N) is 1. The SMILES string of the molecule is N#Cc1ccc(NC(=O)C2CSCN2C(=O)c2ccc([N+](=O)[O-])cc2Cl)cc1. The third-order valence-electron chi connectivity index (χ3n) is 4.12. The van der Waals surface area contributed by atoms with Crippen molar-refractivity contribution in [3.05, 3.63) is 68.7 Å². The molecule has 1 fully saturated rings. The van der Waals surface area contributed by atoms with Gasteiger partial charge in [0.15, 0.2) is 0 Å². The normalized spacial score (nSPS) is 15.7. The molecule has 0 bridgehead atoms. The number of non-ortho nitro benzene ring substituents is 1. The molecule has 8 nitrogen and oxygen atoms in total. The number of nitrogens with zero attached hydrogens (tertiary/aromatic N) is 3. The number of hydrogen-bond donors (Lipinski definition) is 1. The van der Waals surface area contributed by atoms with Crippen molar-refractivity contribution in [2.75, 3.05) is 16.9 Å². The van der Waals surface area contributed by atoms with Crippen LogP contribution in [-0.2, 0) is 4.79 Å². The maximum Gasteiger partial charge on any atom is 0.270 e. The van der Waals surface area contributed by atoms with Gasteiger partial charge in [-0.05, 0) is 30.3 Å². The van der Waals surface area contributed by atoms with Gasteiger partial charge in [0.1, 0.15) is 6.04 Å². The summed E-state index contributed by atoms with van der Waals surface area (Å²) in [7, 11) is 0. The summed E-state index contributed by atoms with van der Waals surface area (Å²) < 4.78 is 0. The lowest BCUT2D eigenvalue weighted by atomic mass is 10.1. The number of amides is 2. The molecule has 1 saturated heterocycles. The molecule has 1 aliphatic heterocycles. The van der Waals surface area contributed by atoms with Gasteiger partial charge >= 0.3 is 0 Å². The van der Waals surface area contributed by atoms with Gasteiger partial charge in [-0.25, -0.2) is 0 Å². The van der Waals surface area contributed by atoms with Crippen LogP contribution in [0.4, 0.5) is 11.4 Å². The van der Waals surface area contributed by atoms with Gasteiger partial charge in [-0.1, -0.05) is 11.6 Å². The summed E-state index contributed by atoms with van der Waals surface area (Å²) in [5.41, 5.74) is 0.874. The summed E-state index contributed by atoms with van der Waals surface area (Å²) in [5.74, 6) is -0.109. The number of nitro benzene ring substituents is 1. The Balaban J connectivity index is 1.76. The van der Waals surface area contributed by atoms with Crippen LogP contribution in [0.2, 0.25) is 5.02 Å². The summed E-state index contributed by atoms with van der Waals surface area (Å²) in [6, 6.07) is 11.3. The Morgan fingerprint density at radius 2 is 2.00 bits per heavy atom. The van der Waals surface area contributed by atoms with E-state index in [1.807, 2.05) is 6.07 Å². The summed E-state index contributed by atoms with van der Waals surface area (Å²) in [5, 5.41) is 22.3. The van der Waals surface area contributed by atoms with Crippen LogP contribution in [0.5, 0.6) is 0 Å². The minimum absolute atomic E-state index is 0.0395. The second-order valence-electron chi connectivity index (χ2n) is 5.89. The number of carbonyl (C=O) groups excluding carboxylic acids is 2. The highest BCUT2D eigenvalue weighted by Crippen LogP contribution is 2.28. The second-order valence-corrected chi connectivity index (χ2v) is 7.30. The van der Waals surface area contributed by atoms with E-state index in [4.69, 9.17) is 16.9 Å². The Morgan fingerprint density at radius 3 is 2.61 bits per heavy atom. The minimum atomic E-state index is -0.709. The van der Waals surface area contributed by atoms with Crippen LogP contribution < -0.4 is 5.32 Å². The molecule has 10 heteroatoms. The average molecular weight is 417 g/mol. The highest BCUT2D eigenvalue weighted by molar-refractivity contribution is 7.99. The lowest BCUT2D eigenvalue weighted by Gasteiger charge is -2.23. The lowest BCUT2D eigenvalue weighted by Crippen LogP contribution is -2.44. The Labute approximate surface area is 169 Å². The Morgan fingerprint density at radius 1 is 1.29 bits per heavy atom. The Kier molecular flexibility index (Phi) is 5.82. The van der Waals surface area contributed by atoms with Gasteiger partial charge in [0.25, 0.3) is 11.6 Å². The van der Waals surface area contributed by atoms with E-state index in [-0.39, 0.29) is 22.2 Å². The molecule has 142 valence electrons. The highest BCUT2D eigenvalue weighted by atomic mass is 35.5. The van der Waals surface area contributed by atoms with Crippen LogP contribution in [0, 0.1) is 21.4 Å². The molecule has 1 aliphatic rings. The van der Waals surface area contributed by atoms with E-state index in [1.165, 1.54) is 28.8 Å². The molecule has 2 amide bonds. The van der Waals surface area contributed by atoms with E-state index in [9.17, 15) is 19.7 Å². The van der Waals surface area contributed by atoms with E-state index < -0.39 is 16.9 Å². The predicted molar refractivity (Wildman–Crippen MR) is 105 cm³/mol. The number of rotatable bonds is 4. The maximum atomic E-state index is 12.8. The Hall–Kier alpha value is -3.09. The molecular formula is C18H13ClN4O4S. The standard InChI is InChI=1S/C18H13ClN4O4S/c19-15-7-13(23(26)27)5-6-14(15)18(25)22-10-28-9-16(22)17(24)21-12-3-1-11(8-20)2-4-12/h1-7,16H,9-10H2,(H,21,24). The van der Waals surface area contributed by atoms with Crippen LogP contribution in [0.25, 0.3) is 0 Å². The minimum Gasteiger partial charge on any atom is -0.324 e. The maximum absolute atomic E-state index is 12.8. The molecule has 3 rings (SSSR count). The van der Waals surface area contributed by atoms with Crippen LogP contribution in [0.15, 0.2) is 42.5 Å². The number of nitriles is 1. The number of hydrogen-bond acceptors (Lipinski definition) is 6. The average Bonchev–Trinajstić information content (AvgIpc) is 3.18. The molecule has 0 radical (unpaired) electrons. The fourth-order valence-corrected chi connectivity index (χ4v) is 4.07. The van der Waals surface area contributed by atoms with Crippen molar-refractivity contribution in [1.82, 2.24) is 4.90 Å². The van der Waals surface area contributed by atoms with Gasteiger partial charge in [-0.15, -0.1) is 11.8 Å². The van der Waals surface area contributed by atoms with Crippen molar-refractivity contribution in [2.24, 2.45) is 0 Å². The molecule has 0 spiro atoms. The molecule has 0 saturated carbocycles. The monoisotopic (exact) mass is 416 g/mol. The largest absolute Gasteiger partial charge is 0.324 e. The van der Waals surface area contributed by atoms with Crippen LogP contribution in [0.3, 0.4) is 0 Å². The number of anilines is 1. The van der Waals surface area contributed by atoms with Crippen molar-refractivity contribution in [1.29, 1.82) is 5.26 Å². The third kappa shape index (κ3) is 4.08. The molecular weight excluding hydrogens is 404 g/mol. The number of nitro groups is 1. The van der Waals surface area contributed by atoms with Gasteiger partial charge in [0.2, 0.25) is 5.91 Å². The first-order valence-corrected chi connectivity index (χ1v) is 9.57. The van der Waals surface area contributed by atoms with Gasteiger partial charge in [0.05, 0.1) is 33.0 Å². The quantitative estimate of drug-likeness (QED) is 0.603. The van der Waals surface area contributed by atoms with Crippen molar-refractivity contribution in [3.8, 4) is 6.07 Å². The second kappa shape index (κ2) is 8.29. The number of carbonyl (C=O) groups is 2. The van der Waals surface area contributed by atoms with E-state index in [2.05, 4.69) is 5.32 Å². The van der Waals surface area contributed by atoms with Crippen LogP contribution in [-0.4, -0.2) is 39.3 Å². The van der Waals surface area contributed by atoms with Gasteiger partial charge < -0.3 is 10.2 Å². The summed E-state index contributed by atoms with van der Waals surface area (Å²) in [4.78, 5) is 37.1. The number of halogens is 1. The molecule has 0 aromatic heterocycles. The van der Waals surface area contributed by atoms with Crippen molar-refractivity contribution < 1.29 is 14.5 Å². The highest BCUT2D eigenvalue weighted by Gasteiger charge is 2.36. The molecule has 2 aromatic carbocycles. The fourth-order valence-electron chi connectivity index (χ4n) is 2.66. The first-order valence-electron chi connectivity index (χ1n) is 8.04. The molecule has 0 aliphatic carbocycles. The summed E-state index contributed by atoms with van der Waals surface area (Å²) >= 11 is 7.47. The van der Waals surface area contributed by atoms with Gasteiger partial charge in [-0.3, -0.25) is 19.7 Å². The first-order chi connectivity index (χ1) is 13.4. The molecule has 1 N–H and O–H groups in total. The topological polar surface area (TPSA) is 116 Å². The van der Waals surface area contributed by atoms with Gasteiger partial charge in [-0.2, -0.15) is 5.26 Å². The fraction of sp³-hybridized carbons (Fsp3) is 0.167. The number of benzene rings is 2. The molecule has 1 atom stereocenters. The summed E-state index contributed by atoms with van der Waals surface area (Å²) in [6.07, 6.45) is 0. The first kappa shape index (κ1) is 19.7. The van der Waals surface area contributed by atoms with Crippen molar-refractivity contribution in [3.63, 3.8) is 0 Å². The lowest BCUT2D eigenvalue weighted by molar-refractivity contribution is -0.384. The van der Waals surface area contributed by atoms with E-state index in [1.54, 1.807) is 24.3 Å². The van der Waals surface area contributed by atoms with Crippen molar-refractivity contribution >= 4 is 46.6 Å². The van der Waals surface area contributed by atoms with Crippen molar-refractivity contribution in [2.45, 2.75) is 6.04 Å².